The summed E-state index contributed by atoms with van der Waals surface area (Å²) in [7, 11) is 0. The van der Waals surface area contributed by atoms with Gasteiger partial charge in [0.1, 0.15) is 0 Å². The third-order valence-corrected chi connectivity index (χ3v) is 4.68. The van der Waals surface area contributed by atoms with Crippen molar-refractivity contribution in [2.24, 2.45) is 0 Å². The first kappa shape index (κ1) is 17.1. The fourth-order valence-electron chi connectivity index (χ4n) is 3.19. The first-order valence-corrected chi connectivity index (χ1v) is 8.80. The predicted octanol–water partition coefficient (Wildman–Crippen LogP) is 2.13. The van der Waals surface area contributed by atoms with Gasteiger partial charge in [-0.05, 0) is 26.7 Å². The fourth-order valence-corrected chi connectivity index (χ4v) is 3.19. The smallest absolute Gasteiger partial charge is 0.223 e. The van der Waals surface area contributed by atoms with E-state index in [2.05, 4.69) is 38.7 Å². The van der Waals surface area contributed by atoms with Crippen LogP contribution in [0.2, 0.25) is 0 Å². The van der Waals surface area contributed by atoms with Gasteiger partial charge in [0, 0.05) is 50.8 Å². The molecule has 0 N–H and O–H groups in total. The third kappa shape index (κ3) is 4.21. The van der Waals surface area contributed by atoms with Crippen molar-refractivity contribution in [1.29, 1.82) is 0 Å². The summed E-state index contributed by atoms with van der Waals surface area (Å²) in [4.78, 5) is 6.69. The molecule has 1 aliphatic heterocycles. The van der Waals surface area contributed by atoms with E-state index in [1.54, 1.807) is 6.92 Å². The van der Waals surface area contributed by atoms with E-state index in [0.29, 0.717) is 25.0 Å². The minimum atomic E-state index is 0.341. The minimum Gasteiger partial charge on any atom is -0.378 e. The van der Waals surface area contributed by atoms with Crippen molar-refractivity contribution >= 4 is 0 Å². The van der Waals surface area contributed by atoms with Crippen LogP contribution in [0.15, 0.2) is 10.7 Å². The molecule has 1 fully saturated rings. The molecule has 1 saturated heterocycles. The molecule has 0 spiro atoms. The van der Waals surface area contributed by atoms with Gasteiger partial charge in [0.2, 0.25) is 5.89 Å². The predicted molar refractivity (Wildman–Crippen MR) is 89.6 cm³/mol. The molecule has 0 radical (unpaired) electrons. The molecule has 0 aromatic carbocycles. The topological polar surface area (TPSA) is 69.2 Å². The Morgan fingerprint density at radius 2 is 2.08 bits per heavy atom. The van der Waals surface area contributed by atoms with Gasteiger partial charge in [0.15, 0.2) is 5.82 Å². The van der Waals surface area contributed by atoms with Crippen molar-refractivity contribution in [3.05, 3.63) is 29.2 Å². The van der Waals surface area contributed by atoms with E-state index in [9.17, 15) is 0 Å². The van der Waals surface area contributed by atoms with Gasteiger partial charge in [0.25, 0.3) is 0 Å². The maximum absolute atomic E-state index is 5.98. The maximum atomic E-state index is 5.98. The molecule has 132 valence electrons. The van der Waals surface area contributed by atoms with E-state index in [-0.39, 0.29) is 0 Å². The molecule has 0 unspecified atom stereocenters. The lowest BCUT2D eigenvalue weighted by Crippen LogP contribution is -2.36. The van der Waals surface area contributed by atoms with Crippen LogP contribution in [0.1, 0.15) is 42.7 Å². The SMILES string of the molecule is CCn1ncc(CN2CCC(OCCc3noc(C)n3)CC2)c1C. The van der Waals surface area contributed by atoms with Crippen LogP contribution in [-0.2, 0) is 24.2 Å². The number of likely N-dealkylation sites (tertiary alicyclic amines) is 1. The van der Waals surface area contributed by atoms with E-state index >= 15 is 0 Å². The number of aryl methyl sites for hydroxylation is 2. The highest BCUT2D eigenvalue weighted by Gasteiger charge is 2.21. The number of aromatic nitrogens is 4. The highest BCUT2D eigenvalue weighted by molar-refractivity contribution is 5.16. The molecule has 3 heterocycles. The molecular weight excluding hydrogens is 306 g/mol. The molecular formula is C17H27N5O2. The molecule has 0 amide bonds. The van der Waals surface area contributed by atoms with Crippen LogP contribution in [0.4, 0.5) is 0 Å². The zero-order chi connectivity index (χ0) is 16.9. The van der Waals surface area contributed by atoms with E-state index in [1.807, 2.05) is 6.20 Å². The molecule has 0 aliphatic carbocycles. The van der Waals surface area contributed by atoms with Crippen LogP contribution < -0.4 is 0 Å². The molecule has 3 rings (SSSR count). The van der Waals surface area contributed by atoms with Crippen molar-refractivity contribution in [3.63, 3.8) is 0 Å². The van der Waals surface area contributed by atoms with Crippen LogP contribution >= 0.6 is 0 Å². The summed E-state index contributed by atoms with van der Waals surface area (Å²) in [5, 5.41) is 8.32. The molecule has 2 aromatic rings. The Labute approximate surface area is 143 Å². The van der Waals surface area contributed by atoms with E-state index in [0.717, 1.165) is 44.8 Å². The van der Waals surface area contributed by atoms with Crippen molar-refractivity contribution in [2.45, 2.75) is 59.2 Å². The maximum Gasteiger partial charge on any atom is 0.223 e. The molecule has 1 aliphatic rings. The molecule has 24 heavy (non-hydrogen) atoms. The van der Waals surface area contributed by atoms with Crippen molar-refractivity contribution < 1.29 is 9.26 Å². The standard InChI is InChI=1S/C17H27N5O2/c1-4-22-13(2)15(11-18-22)12-21-8-5-16(6-9-21)23-10-7-17-19-14(3)24-20-17/h11,16H,4-10,12H2,1-3H3. The number of ether oxygens (including phenoxy) is 1. The van der Waals surface area contributed by atoms with Crippen LogP contribution in [0, 0.1) is 13.8 Å². The second-order valence-corrected chi connectivity index (χ2v) is 6.40. The highest BCUT2D eigenvalue weighted by Crippen LogP contribution is 2.18. The Bertz CT molecular complexity index is 643. The van der Waals surface area contributed by atoms with Gasteiger partial charge in [-0.25, -0.2) is 0 Å². The lowest BCUT2D eigenvalue weighted by molar-refractivity contribution is 0.00672. The lowest BCUT2D eigenvalue weighted by Gasteiger charge is -2.31. The van der Waals surface area contributed by atoms with Gasteiger partial charge in [-0.2, -0.15) is 10.1 Å². The van der Waals surface area contributed by atoms with E-state index in [1.165, 1.54) is 11.3 Å². The average molecular weight is 333 g/mol. The summed E-state index contributed by atoms with van der Waals surface area (Å²) in [6, 6.07) is 0. The normalized spacial score (nSPS) is 16.8. The van der Waals surface area contributed by atoms with Crippen LogP contribution in [0.25, 0.3) is 0 Å². The molecule has 2 aromatic heterocycles. The molecule has 7 heteroatoms. The van der Waals surface area contributed by atoms with Gasteiger partial charge in [-0.3, -0.25) is 9.58 Å². The zero-order valence-corrected chi connectivity index (χ0v) is 14.9. The number of piperidine rings is 1. The Balaban J connectivity index is 1.38. The monoisotopic (exact) mass is 333 g/mol. The Hall–Kier alpha value is -1.73. The lowest BCUT2D eigenvalue weighted by atomic mass is 10.1. The van der Waals surface area contributed by atoms with Crippen molar-refractivity contribution in [3.8, 4) is 0 Å². The zero-order valence-electron chi connectivity index (χ0n) is 14.9. The largest absolute Gasteiger partial charge is 0.378 e. The summed E-state index contributed by atoms with van der Waals surface area (Å²) in [6.07, 6.45) is 5.22. The van der Waals surface area contributed by atoms with Crippen molar-refractivity contribution in [1.82, 2.24) is 24.8 Å². The summed E-state index contributed by atoms with van der Waals surface area (Å²) in [5.74, 6) is 1.34. The summed E-state index contributed by atoms with van der Waals surface area (Å²) >= 11 is 0. The average Bonchev–Trinajstić information content (AvgIpc) is 3.15. The van der Waals surface area contributed by atoms with Crippen LogP contribution in [-0.4, -0.2) is 50.6 Å². The molecule has 0 saturated carbocycles. The van der Waals surface area contributed by atoms with Crippen molar-refractivity contribution in [2.75, 3.05) is 19.7 Å². The number of hydrogen-bond acceptors (Lipinski definition) is 6. The quantitative estimate of drug-likeness (QED) is 0.773. The van der Waals surface area contributed by atoms with Crippen LogP contribution in [0.3, 0.4) is 0 Å². The molecule has 7 nitrogen and oxygen atoms in total. The molecule has 0 atom stereocenters. The number of hydrogen-bond donors (Lipinski definition) is 0. The number of rotatable bonds is 7. The Morgan fingerprint density at radius 3 is 2.71 bits per heavy atom. The minimum absolute atomic E-state index is 0.341. The van der Waals surface area contributed by atoms with Gasteiger partial charge < -0.3 is 9.26 Å². The first-order chi connectivity index (χ1) is 11.7. The second kappa shape index (κ2) is 7.90. The summed E-state index contributed by atoms with van der Waals surface area (Å²) in [6.45, 7) is 10.8. The molecule has 0 bridgehead atoms. The summed E-state index contributed by atoms with van der Waals surface area (Å²) in [5.41, 5.74) is 2.62. The van der Waals surface area contributed by atoms with Gasteiger partial charge in [0.05, 0.1) is 18.9 Å². The highest BCUT2D eigenvalue weighted by atomic mass is 16.5. The third-order valence-electron chi connectivity index (χ3n) is 4.68. The number of nitrogens with zero attached hydrogens (tertiary/aromatic N) is 5. The summed E-state index contributed by atoms with van der Waals surface area (Å²) < 4.78 is 13.0. The first-order valence-electron chi connectivity index (χ1n) is 8.80. The van der Waals surface area contributed by atoms with Gasteiger partial charge in [-0.15, -0.1) is 0 Å². The van der Waals surface area contributed by atoms with Crippen LogP contribution in [0.5, 0.6) is 0 Å². The fraction of sp³-hybridized carbons (Fsp3) is 0.706. The Morgan fingerprint density at radius 1 is 1.29 bits per heavy atom. The van der Waals surface area contributed by atoms with E-state index in [4.69, 9.17) is 9.26 Å². The van der Waals surface area contributed by atoms with Gasteiger partial charge in [-0.1, -0.05) is 5.16 Å². The van der Waals surface area contributed by atoms with Gasteiger partial charge >= 0.3 is 0 Å². The second-order valence-electron chi connectivity index (χ2n) is 6.40. The van der Waals surface area contributed by atoms with E-state index < -0.39 is 0 Å². The Kier molecular flexibility index (Phi) is 5.63.